The summed E-state index contributed by atoms with van der Waals surface area (Å²) in [5.74, 6) is 1.75. The molecule has 0 amide bonds. The highest BCUT2D eigenvalue weighted by atomic mass is 16.5. The molecule has 1 unspecified atom stereocenters. The van der Waals surface area contributed by atoms with Gasteiger partial charge in [-0.25, -0.2) is 0 Å². The fraction of sp³-hybridized carbons (Fsp3) is 0.600. The van der Waals surface area contributed by atoms with Gasteiger partial charge >= 0.3 is 0 Å². The van der Waals surface area contributed by atoms with Gasteiger partial charge in [-0.3, -0.25) is 0 Å². The molecule has 17 heavy (non-hydrogen) atoms. The Bertz CT molecular complexity index is 345. The molecule has 1 fully saturated rings. The molecule has 1 saturated carbocycles. The average molecular weight is 233 g/mol. The summed E-state index contributed by atoms with van der Waals surface area (Å²) in [5, 5.41) is 3.61. The van der Waals surface area contributed by atoms with E-state index in [2.05, 4.69) is 24.4 Å². The minimum Gasteiger partial charge on any atom is -0.497 e. The number of benzene rings is 1. The van der Waals surface area contributed by atoms with Gasteiger partial charge < -0.3 is 10.1 Å². The Labute approximate surface area is 104 Å². The Morgan fingerprint density at radius 2 is 2.00 bits per heavy atom. The lowest BCUT2D eigenvalue weighted by Crippen LogP contribution is -2.27. The molecule has 0 spiro atoms. The lowest BCUT2D eigenvalue weighted by Gasteiger charge is -2.29. The normalized spacial score (nSPS) is 18.7. The van der Waals surface area contributed by atoms with E-state index in [9.17, 15) is 0 Å². The van der Waals surface area contributed by atoms with Crippen LogP contribution in [0.1, 0.15) is 39.0 Å². The van der Waals surface area contributed by atoms with Crippen LogP contribution < -0.4 is 10.1 Å². The van der Waals surface area contributed by atoms with Gasteiger partial charge in [-0.1, -0.05) is 25.3 Å². The van der Waals surface area contributed by atoms with E-state index in [1.165, 1.54) is 37.8 Å². The molecule has 0 aliphatic heterocycles. The zero-order chi connectivity index (χ0) is 12.1. The third-order valence-electron chi connectivity index (χ3n) is 3.82. The second kappa shape index (κ2) is 5.95. The van der Waals surface area contributed by atoms with Crippen molar-refractivity contribution in [3.63, 3.8) is 0 Å². The number of anilines is 1. The molecule has 0 saturated heterocycles. The molecule has 1 aromatic rings. The van der Waals surface area contributed by atoms with Gasteiger partial charge in [-0.2, -0.15) is 0 Å². The summed E-state index contributed by atoms with van der Waals surface area (Å²) in [4.78, 5) is 0. The van der Waals surface area contributed by atoms with Gasteiger partial charge in [-0.05, 0) is 37.8 Å². The van der Waals surface area contributed by atoms with E-state index < -0.39 is 0 Å². The van der Waals surface area contributed by atoms with Gasteiger partial charge in [0.25, 0.3) is 0 Å². The SMILES string of the molecule is COc1cccc(NC(C)C2CCCCC2)c1. The Morgan fingerprint density at radius 3 is 2.71 bits per heavy atom. The highest BCUT2D eigenvalue weighted by Crippen LogP contribution is 2.28. The predicted octanol–water partition coefficient (Wildman–Crippen LogP) is 4.08. The first-order valence-electron chi connectivity index (χ1n) is 6.70. The standard InChI is InChI=1S/C15H23NO/c1-12(13-7-4-3-5-8-13)16-14-9-6-10-15(11-14)17-2/h6,9-13,16H,3-5,7-8H2,1-2H3. The molecular formula is C15H23NO. The Morgan fingerprint density at radius 1 is 1.24 bits per heavy atom. The van der Waals surface area contributed by atoms with Gasteiger partial charge in [0.15, 0.2) is 0 Å². The van der Waals surface area contributed by atoms with Crippen molar-refractivity contribution >= 4 is 5.69 Å². The maximum Gasteiger partial charge on any atom is 0.120 e. The number of nitrogens with one attached hydrogen (secondary N) is 1. The number of hydrogen-bond donors (Lipinski definition) is 1. The molecule has 1 N–H and O–H groups in total. The van der Waals surface area contributed by atoms with Crippen molar-refractivity contribution in [2.45, 2.75) is 45.1 Å². The fourth-order valence-corrected chi connectivity index (χ4v) is 2.73. The van der Waals surface area contributed by atoms with Crippen LogP contribution in [0.3, 0.4) is 0 Å². The number of hydrogen-bond acceptors (Lipinski definition) is 2. The number of ether oxygens (including phenoxy) is 1. The number of rotatable bonds is 4. The second-order valence-electron chi connectivity index (χ2n) is 5.06. The van der Waals surface area contributed by atoms with Crippen molar-refractivity contribution < 1.29 is 4.74 Å². The van der Waals surface area contributed by atoms with Crippen LogP contribution in [-0.2, 0) is 0 Å². The topological polar surface area (TPSA) is 21.3 Å². The van der Waals surface area contributed by atoms with Gasteiger partial charge in [-0.15, -0.1) is 0 Å². The minimum atomic E-state index is 0.558. The largest absolute Gasteiger partial charge is 0.497 e. The van der Waals surface area contributed by atoms with Crippen LogP contribution in [-0.4, -0.2) is 13.2 Å². The van der Waals surface area contributed by atoms with E-state index in [1.54, 1.807) is 7.11 Å². The third kappa shape index (κ3) is 3.39. The van der Waals surface area contributed by atoms with E-state index in [0.29, 0.717) is 6.04 Å². The molecule has 2 heteroatoms. The highest BCUT2D eigenvalue weighted by molar-refractivity contribution is 5.48. The molecule has 1 aromatic carbocycles. The molecule has 2 rings (SSSR count). The van der Waals surface area contributed by atoms with Gasteiger partial charge in [0.1, 0.15) is 5.75 Å². The number of methoxy groups -OCH3 is 1. The third-order valence-corrected chi connectivity index (χ3v) is 3.82. The summed E-state index contributed by atoms with van der Waals surface area (Å²) in [5.41, 5.74) is 1.17. The summed E-state index contributed by atoms with van der Waals surface area (Å²) >= 11 is 0. The summed E-state index contributed by atoms with van der Waals surface area (Å²) < 4.78 is 5.24. The van der Waals surface area contributed by atoms with E-state index in [1.807, 2.05) is 12.1 Å². The predicted molar refractivity (Wildman–Crippen MR) is 72.7 cm³/mol. The molecule has 0 heterocycles. The molecular weight excluding hydrogens is 210 g/mol. The lowest BCUT2D eigenvalue weighted by molar-refractivity contribution is 0.328. The van der Waals surface area contributed by atoms with Crippen molar-refractivity contribution in [3.8, 4) is 5.75 Å². The Balaban J connectivity index is 1.94. The van der Waals surface area contributed by atoms with Crippen LogP contribution in [0.15, 0.2) is 24.3 Å². The Kier molecular flexibility index (Phi) is 4.29. The van der Waals surface area contributed by atoms with Crippen molar-refractivity contribution in [2.75, 3.05) is 12.4 Å². The molecule has 1 aliphatic carbocycles. The summed E-state index contributed by atoms with van der Waals surface area (Å²) in [6.07, 6.45) is 6.96. The molecule has 0 bridgehead atoms. The molecule has 0 aromatic heterocycles. The minimum absolute atomic E-state index is 0.558. The Hall–Kier alpha value is -1.18. The van der Waals surface area contributed by atoms with Crippen LogP contribution >= 0.6 is 0 Å². The first kappa shape index (κ1) is 12.3. The van der Waals surface area contributed by atoms with Crippen molar-refractivity contribution in [3.05, 3.63) is 24.3 Å². The summed E-state index contributed by atoms with van der Waals surface area (Å²) in [7, 11) is 1.71. The first-order valence-corrected chi connectivity index (χ1v) is 6.70. The van der Waals surface area contributed by atoms with Crippen molar-refractivity contribution in [1.82, 2.24) is 0 Å². The highest BCUT2D eigenvalue weighted by Gasteiger charge is 2.19. The van der Waals surface area contributed by atoms with Gasteiger partial charge in [0.2, 0.25) is 0 Å². The van der Waals surface area contributed by atoms with E-state index in [0.717, 1.165) is 11.7 Å². The quantitative estimate of drug-likeness (QED) is 0.846. The van der Waals surface area contributed by atoms with Crippen LogP contribution in [0, 0.1) is 5.92 Å². The average Bonchev–Trinajstić information content (AvgIpc) is 2.40. The summed E-state index contributed by atoms with van der Waals surface area (Å²) in [6, 6.07) is 8.76. The van der Waals surface area contributed by atoms with Crippen molar-refractivity contribution in [1.29, 1.82) is 0 Å². The van der Waals surface area contributed by atoms with E-state index in [-0.39, 0.29) is 0 Å². The zero-order valence-electron chi connectivity index (χ0n) is 10.9. The maximum atomic E-state index is 5.24. The molecule has 94 valence electrons. The maximum absolute atomic E-state index is 5.24. The molecule has 1 aliphatic rings. The zero-order valence-corrected chi connectivity index (χ0v) is 10.9. The molecule has 1 atom stereocenters. The van der Waals surface area contributed by atoms with Crippen LogP contribution in [0.5, 0.6) is 5.75 Å². The first-order chi connectivity index (χ1) is 8.29. The molecule has 0 radical (unpaired) electrons. The summed E-state index contributed by atoms with van der Waals surface area (Å²) in [6.45, 7) is 2.30. The van der Waals surface area contributed by atoms with Crippen molar-refractivity contribution in [2.24, 2.45) is 5.92 Å². The van der Waals surface area contributed by atoms with Gasteiger partial charge in [0, 0.05) is 17.8 Å². The van der Waals surface area contributed by atoms with Crippen LogP contribution in [0.25, 0.3) is 0 Å². The van der Waals surface area contributed by atoms with Crippen LogP contribution in [0.2, 0.25) is 0 Å². The van der Waals surface area contributed by atoms with Gasteiger partial charge in [0.05, 0.1) is 7.11 Å². The molecule has 2 nitrogen and oxygen atoms in total. The second-order valence-corrected chi connectivity index (χ2v) is 5.06. The fourth-order valence-electron chi connectivity index (χ4n) is 2.73. The van der Waals surface area contributed by atoms with E-state index in [4.69, 9.17) is 4.74 Å². The lowest BCUT2D eigenvalue weighted by atomic mass is 9.84. The van der Waals surface area contributed by atoms with E-state index >= 15 is 0 Å². The monoisotopic (exact) mass is 233 g/mol. The smallest absolute Gasteiger partial charge is 0.120 e. The van der Waals surface area contributed by atoms with Crippen LogP contribution in [0.4, 0.5) is 5.69 Å².